The maximum Gasteiger partial charge on any atom is 1.00 e. The molecule has 1 atom stereocenters. The van der Waals surface area contributed by atoms with Gasteiger partial charge in [0, 0.05) is 23.8 Å². The third-order valence-electron chi connectivity index (χ3n) is 3.50. The van der Waals surface area contributed by atoms with Crippen LogP contribution in [0.25, 0.3) is 11.0 Å². The Balaban J connectivity index is 0.00000169. The van der Waals surface area contributed by atoms with Crippen LogP contribution in [-0.4, -0.2) is 18.6 Å². The topological polar surface area (TPSA) is 136 Å². The number of fused-ring (bicyclic) bond motifs is 1. The molecule has 0 saturated carbocycles. The zero-order chi connectivity index (χ0) is 17.3. The molecule has 0 aliphatic heterocycles. The Morgan fingerprint density at radius 3 is 2.24 bits per heavy atom. The zero-order valence-electron chi connectivity index (χ0n) is 13.8. The predicted molar refractivity (Wildman–Crippen MR) is 85.7 cm³/mol. The number of nitrogens with zero attached hydrogens (tertiary/aromatic N) is 5. The molecular formula is C14H8N5NaO4S. The predicted octanol–water partition coefficient (Wildman–Crippen LogP) is 0.280. The van der Waals surface area contributed by atoms with Crippen LogP contribution in [0.15, 0.2) is 36.4 Å². The van der Waals surface area contributed by atoms with E-state index in [-0.39, 0.29) is 47.9 Å². The van der Waals surface area contributed by atoms with E-state index in [1.54, 1.807) is 0 Å². The van der Waals surface area contributed by atoms with Gasteiger partial charge in [-0.1, -0.05) is 12.1 Å². The molecule has 1 aromatic heterocycles. The van der Waals surface area contributed by atoms with Crippen molar-refractivity contribution in [3.05, 3.63) is 67.8 Å². The third kappa shape index (κ3) is 3.49. The monoisotopic (exact) mass is 365 g/mol. The van der Waals surface area contributed by atoms with Crippen molar-refractivity contribution < 1.29 is 40.8 Å². The fourth-order valence-electron chi connectivity index (χ4n) is 2.37. The minimum Gasteiger partial charge on any atom is -1.00 e. The Morgan fingerprint density at radius 1 is 1.04 bits per heavy atom. The molecule has 1 unspecified atom stereocenters. The van der Waals surface area contributed by atoms with Crippen LogP contribution in [0.1, 0.15) is 18.5 Å². The van der Waals surface area contributed by atoms with Crippen LogP contribution >= 0.6 is 11.7 Å². The molecule has 11 heteroatoms. The Labute approximate surface area is 168 Å². The molecule has 25 heavy (non-hydrogen) atoms. The Hall–Kier alpha value is -2.45. The Kier molecular flexibility index (Phi) is 5.76. The van der Waals surface area contributed by atoms with Crippen molar-refractivity contribution in [3.63, 3.8) is 0 Å². The third-order valence-corrected chi connectivity index (χ3v) is 4.03. The summed E-state index contributed by atoms with van der Waals surface area (Å²) in [5.74, 6) is -0.766. The molecule has 0 spiro atoms. The van der Waals surface area contributed by atoms with Crippen molar-refractivity contribution in [2.75, 3.05) is 0 Å². The van der Waals surface area contributed by atoms with Crippen molar-refractivity contribution in [1.29, 1.82) is 5.26 Å². The summed E-state index contributed by atoms with van der Waals surface area (Å²) in [7, 11) is 0. The van der Waals surface area contributed by atoms with E-state index >= 15 is 0 Å². The summed E-state index contributed by atoms with van der Waals surface area (Å²) in [5.41, 5.74) is 1.17. The average Bonchev–Trinajstić information content (AvgIpc) is 3.05. The van der Waals surface area contributed by atoms with Gasteiger partial charge in [0.15, 0.2) is 5.52 Å². The second kappa shape index (κ2) is 7.62. The standard InChI is InChI=1S/C14H7N5O4S.Na.H/c15-7-11(8-1-3-9(4-2-8)18(20)21)10-5-6-12(19(22)23)14-13(10)16-24-17-14;;/h1-6,11H;;/q;+1;-1. The first-order valence-corrected chi connectivity index (χ1v) is 7.29. The molecule has 9 nitrogen and oxygen atoms in total. The summed E-state index contributed by atoms with van der Waals surface area (Å²) in [5, 5.41) is 31.3. The average molecular weight is 365 g/mol. The van der Waals surface area contributed by atoms with E-state index < -0.39 is 15.8 Å². The largest absolute Gasteiger partial charge is 1.00 e. The number of nitro groups is 2. The second-order valence-corrected chi connectivity index (χ2v) is 5.33. The van der Waals surface area contributed by atoms with Crippen LogP contribution in [0.3, 0.4) is 0 Å². The van der Waals surface area contributed by atoms with Gasteiger partial charge in [-0.2, -0.15) is 14.0 Å². The maximum atomic E-state index is 11.0. The molecular weight excluding hydrogens is 357 g/mol. The quantitative estimate of drug-likeness (QED) is 0.368. The fraction of sp³-hybridized carbons (Fsp3) is 0.0714. The van der Waals surface area contributed by atoms with Gasteiger partial charge in [0.05, 0.1) is 33.6 Å². The summed E-state index contributed by atoms with van der Waals surface area (Å²) in [4.78, 5) is 20.7. The number of nitro benzene ring substituents is 2. The maximum absolute atomic E-state index is 11.0. The van der Waals surface area contributed by atoms with Gasteiger partial charge in [-0.3, -0.25) is 20.2 Å². The number of benzene rings is 2. The molecule has 0 N–H and O–H groups in total. The molecule has 0 radical (unpaired) electrons. The van der Waals surface area contributed by atoms with Gasteiger partial charge < -0.3 is 1.43 Å². The Bertz CT molecular complexity index is 1000. The summed E-state index contributed by atoms with van der Waals surface area (Å²) in [6, 6.07) is 10.5. The summed E-state index contributed by atoms with van der Waals surface area (Å²) in [6.45, 7) is 0. The molecule has 0 bridgehead atoms. The van der Waals surface area contributed by atoms with E-state index in [1.807, 2.05) is 0 Å². The number of non-ortho nitro benzene ring substituents is 2. The van der Waals surface area contributed by atoms with E-state index in [2.05, 4.69) is 14.8 Å². The first kappa shape index (κ1) is 18.9. The van der Waals surface area contributed by atoms with Crippen LogP contribution in [0.2, 0.25) is 0 Å². The van der Waals surface area contributed by atoms with Crippen molar-refractivity contribution in [3.8, 4) is 6.07 Å². The van der Waals surface area contributed by atoms with Crippen LogP contribution in [0.5, 0.6) is 0 Å². The van der Waals surface area contributed by atoms with E-state index in [0.717, 1.165) is 11.7 Å². The molecule has 0 aliphatic rings. The Morgan fingerprint density at radius 2 is 1.68 bits per heavy atom. The van der Waals surface area contributed by atoms with Gasteiger partial charge in [-0.05, 0) is 11.6 Å². The van der Waals surface area contributed by atoms with Crippen molar-refractivity contribution in [1.82, 2.24) is 8.75 Å². The molecule has 2 aromatic carbocycles. The van der Waals surface area contributed by atoms with Crippen molar-refractivity contribution in [2.24, 2.45) is 0 Å². The number of rotatable bonds is 4. The molecule has 0 fully saturated rings. The van der Waals surface area contributed by atoms with Gasteiger partial charge in [-0.15, -0.1) is 0 Å². The van der Waals surface area contributed by atoms with Crippen molar-refractivity contribution >= 4 is 34.1 Å². The van der Waals surface area contributed by atoms with Gasteiger partial charge in [-0.25, -0.2) is 0 Å². The number of aromatic nitrogens is 2. The molecule has 0 amide bonds. The molecule has 0 saturated heterocycles. The van der Waals surface area contributed by atoms with E-state index in [0.29, 0.717) is 16.6 Å². The fourth-order valence-corrected chi connectivity index (χ4v) is 2.94. The van der Waals surface area contributed by atoms with E-state index in [9.17, 15) is 25.5 Å². The van der Waals surface area contributed by atoms with Crippen LogP contribution in [-0.2, 0) is 0 Å². The molecule has 1 heterocycles. The van der Waals surface area contributed by atoms with Gasteiger partial charge in [0.1, 0.15) is 5.52 Å². The van der Waals surface area contributed by atoms with Gasteiger partial charge in [0.2, 0.25) is 0 Å². The molecule has 120 valence electrons. The summed E-state index contributed by atoms with van der Waals surface area (Å²) < 4.78 is 8.01. The van der Waals surface area contributed by atoms with Crippen LogP contribution < -0.4 is 29.6 Å². The zero-order valence-corrected chi connectivity index (χ0v) is 15.6. The summed E-state index contributed by atoms with van der Waals surface area (Å²) in [6.07, 6.45) is 0. The van der Waals surface area contributed by atoms with Gasteiger partial charge >= 0.3 is 29.6 Å². The SMILES string of the molecule is N#CC(c1ccc([N+](=O)[O-])cc1)c1ccc([N+](=O)[O-])c2nsnc12.[H-].[Na+]. The van der Waals surface area contributed by atoms with Crippen molar-refractivity contribution in [2.45, 2.75) is 5.92 Å². The molecule has 3 rings (SSSR count). The smallest absolute Gasteiger partial charge is 1.00 e. The minimum atomic E-state index is -0.766. The molecule has 3 aromatic rings. The van der Waals surface area contributed by atoms with E-state index in [1.165, 1.54) is 36.4 Å². The number of hydrogen-bond acceptors (Lipinski definition) is 8. The number of hydrogen-bond donors (Lipinski definition) is 0. The number of nitriles is 1. The first-order valence-electron chi connectivity index (χ1n) is 6.56. The summed E-state index contributed by atoms with van der Waals surface area (Å²) >= 11 is 0.825. The first-order chi connectivity index (χ1) is 11.5. The minimum absolute atomic E-state index is 0. The second-order valence-electron chi connectivity index (χ2n) is 4.80. The normalized spacial score (nSPS) is 11.3. The molecule has 0 aliphatic carbocycles. The van der Waals surface area contributed by atoms with Crippen LogP contribution in [0.4, 0.5) is 11.4 Å². The van der Waals surface area contributed by atoms with E-state index in [4.69, 9.17) is 0 Å². The van der Waals surface area contributed by atoms with Crippen LogP contribution in [0, 0.1) is 31.6 Å². The van der Waals surface area contributed by atoms with Gasteiger partial charge in [0.25, 0.3) is 11.4 Å².